The Bertz CT molecular complexity index is 3290. The number of hydrogen-bond donors (Lipinski definition) is 0. The van der Waals surface area contributed by atoms with Crippen LogP contribution in [0.5, 0.6) is 0 Å². The Morgan fingerprint density at radius 1 is 0.276 bits per heavy atom. The molecule has 10 aromatic carbocycles. The average molecular weight is 743 g/mol. The first-order valence-corrected chi connectivity index (χ1v) is 19.7. The van der Waals surface area contributed by atoms with Crippen LogP contribution in [0.3, 0.4) is 0 Å². The second kappa shape index (κ2) is 12.9. The van der Waals surface area contributed by atoms with E-state index in [-0.39, 0.29) is 0 Å². The van der Waals surface area contributed by atoms with Gasteiger partial charge in [-0.25, -0.2) is 0 Å². The van der Waals surface area contributed by atoms with Crippen molar-refractivity contribution in [2.24, 2.45) is 0 Å². The van der Waals surface area contributed by atoms with Crippen LogP contribution in [0.4, 0.5) is 34.1 Å². The van der Waals surface area contributed by atoms with Crippen molar-refractivity contribution in [2.45, 2.75) is 0 Å². The summed E-state index contributed by atoms with van der Waals surface area (Å²) in [5.41, 5.74) is 9.60. The van der Waals surface area contributed by atoms with Gasteiger partial charge in [0, 0.05) is 54.5 Å². The standard InChI is InChI=1S/C54H34N2O2/c1-3-19-37(20-4-1)55(47-29-15-27-43-41-25-11-13-31-49(41)57-53(43)47)51-39-23-9-7-17-35(39)34-46-45(51)33-36-18-8-10-24-40(36)52(46)56(38-21-5-2-6-22-38)48-30-16-28-44-42-26-12-14-32-50(42)58-54(44)48/h1-34H. The molecular weight excluding hydrogens is 709 g/mol. The molecule has 0 saturated carbocycles. The molecule has 0 amide bonds. The van der Waals surface area contributed by atoms with Crippen LogP contribution in [0.15, 0.2) is 215 Å². The lowest BCUT2D eigenvalue weighted by Gasteiger charge is -2.32. The molecular formula is C54H34N2O2. The fourth-order valence-electron chi connectivity index (χ4n) is 9.06. The van der Waals surface area contributed by atoms with Crippen LogP contribution < -0.4 is 9.80 Å². The second-order valence-corrected chi connectivity index (χ2v) is 14.8. The minimum absolute atomic E-state index is 0.845. The number of fused-ring (bicyclic) bond motifs is 9. The van der Waals surface area contributed by atoms with E-state index in [2.05, 4.69) is 204 Å². The lowest BCUT2D eigenvalue weighted by molar-refractivity contribution is 0.669. The quantitative estimate of drug-likeness (QED) is 0.159. The third-order valence-corrected chi connectivity index (χ3v) is 11.6. The zero-order valence-electron chi connectivity index (χ0n) is 31.3. The van der Waals surface area contributed by atoms with Gasteiger partial charge in [-0.3, -0.25) is 0 Å². The predicted octanol–water partition coefficient (Wildman–Crippen LogP) is 15.9. The van der Waals surface area contributed by atoms with E-state index in [0.717, 1.165) is 110 Å². The third kappa shape index (κ3) is 4.88. The average Bonchev–Trinajstić information content (AvgIpc) is 3.87. The monoisotopic (exact) mass is 742 g/mol. The Morgan fingerprint density at radius 2 is 0.638 bits per heavy atom. The van der Waals surface area contributed by atoms with Gasteiger partial charge in [0.1, 0.15) is 11.2 Å². The van der Waals surface area contributed by atoms with Crippen molar-refractivity contribution >= 4 is 110 Å². The van der Waals surface area contributed by atoms with Crippen molar-refractivity contribution in [1.82, 2.24) is 0 Å². The highest BCUT2D eigenvalue weighted by molar-refractivity contribution is 6.25. The van der Waals surface area contributed by atoms with Crippen LogP contribution in [0.1, 0.15) is 0 Å². The van der Waals surface area contributed by atoms with Gasteiger partial charge in [-0.2, -0.15) is 0 Å². The number of hydrogen-bond acceptors (Lipinski definition) is 4. The summed E-state index contributed by atoms with van der Waals surface area (Å²) in [6.45, 7) is 0. The Hall–Kier alpha value is -7.82. The van der Waals surface area contributed by atoms with Gasteiger partial charge in [0.25, 0.3) is 0 Å². The lowest BCUT2D eigenvalue weighted by atomic mass is 9.93. The van der Waals surface area contributed by atoms with Crippen molar-refractivity contribution < 1.29 is 8.83 Å². The highest BCUT2D eigenvalue weighted by Crippen LogP contribution is 2.53. The van der Waals surface area contributed by atoms with E-state index in [1.54, 1.807) is 0 Å². The Labute approximate surface area is 334 Å². The van der Waals surface area contributed by atoms with Crippen LogP contribution in [0.2, 0.25) is 0 Å². The van der Waals surface area contributed by atoms with Gasteiger partial charge in [-0.1, -0.05) is 146 Å². The van der Waals surface area contributed by atoms with Gasteiger partial charge in [-0.15, -0.1) is 0 Å². The number of nitrogens with zero attached hydrogens (tertiary/aromatic N) is 2. The molecule has 0 aliphatic rings. The normalized spacial score (nSPS) is 11.8. The molecule has 2 heterocycles. The molecule has 2 aromatic heterocycles. The van der Waals surface area contributed by atoms with Gasteiger partial charge in [0.2, 0.25) is 0 Å². The summed E-state index contributed by atoms with van der Waals surface area (Å²) >= 11 is 0. The fraction of sp³-hybridized carbons (Fsp3) is 0. The van der Waals surface area contributed by atoms with E-state index in [9.17, 15) is 0 Å². The fourth-order valence-corrected chi connectivity index (χ4v) is 9.06. The van der Waals surface area contributed by atoms with Crippen molar-refractivity contribution in [2.75, 3.05) is 9.80 Å². The molecule has 0 saturated heterocycles. The maximum Gasteiger partial charge on any atom is 0.159 e. The minimum Gasteiger partial charge on any atom is -0.454 e. The number of benzene rings is 10. The van der Waals surface area contributed by atoms with Gasteiger partial charge in [-0.05, 0) is 71.4 Å². The molecule has 0 bridgehead atoms. The van der Waals surface area contributed by atoms with Gasteiger partial charge < -0.3 is 18.6 Å². The SMILES string of the molecule is c1ccc(N(c2c3ccccc3cc3c(N(c4ccccc4)c4cccc5c4oc4ccccc45)c4ccccc4cc23)c2cccc3c2oc2ccccc23)cc1. The number of furan rings is 2. The maximum absolute atomic E-state index is 6.79. The summed E-state index contributed by atoms with van der Waals surface area (Å²) in [4.78, 5) is 4.81. The summed E-state index contributed by atoms with van der Waals surface area (Å²) in [6, 6.07) is 73.2. The van der Waals surface area contributed by atoms with Crippen LogP contribution >= 0.6 is 0 Å². The first kappa shape index (κ1) is 32.4. The highest BCUT2D eigenvalue weighted by atomic mass is 16.3. The second-order valence-electron chi connectivity index (χ2n) is 14.8. The van der Waals surface area contributed by atoms with Crippen LogP contribution in [-0.2, 0) is 0 Å². The summed E-state index contributed by atoms with van der Waals surface area (Å²) in [7, 11) is 0. The molecule has 0 spiro atoms. The van der Waals surface area contributed by atoms with E-state index in [1.807, 2.05) is 12.1 Å². The molecule has 0 unspecified atom stereocenters. The van der Waals surface area contributed by atoms with E-state index in [4.69, 9.17) is 8.83 Å². The van der Waals surface area contributed by atoms with Gasteiger partial charge in [0.15, 0.2) is 11.2 Å². The zero-order chi connectivity index (χ0) is 38.2. The van der Waals surface area contributed by atoms with Crippen LogP contribution in [-0.4, -0.2) is 0 Å². The molecule has 0 radical (unpaired) electrons. The van der Waals surface area contributed by atoms with Crippen molar-refractivity contribution in [1.29, 1.82) is 0 Å². The first-order chi connectivity index (χ1) is 28.8. The Balaban J connectivity index is 1.25. The van der Waals surface area contributed by atoms with Crippen molar-refractivity contribution in [3.05, 3.63) is 206 Å². The molecule has 0 fully saturated rings. The summed E-state index contributed by atoms with van der Waals surface area (Å²) in [5.74, 6) is 0. The van der Waals surface area contributed by atoms with E-state index in [1.165, 1.54) is 0 Å². The molecule has 0 aliphatic carbocycles. The zero-order valence-corrected chi connectivity index (χ0v) is 31.3. The topological polar surface area (TPSA) is 32.8 Å². The Kier molecular flexibility index (Phi) is 7.20. The summed E-state index contributed by atoms with van der Waals surface area (Å²) < 4.78 is 13.6. The Morgan fingerprint density at radius 3 is 1.09 bits per heavy atom. The number of anilines is 6. The van der Waals surface area contributed by atoms with Gasteiger partial charge >= 0.3 is 0 Å². The number of para-hydroxylation sites is 6. The maximum atomic E-state index is 6.79. The van der Waals surface area contributed by atoms with Crippen molar-refractivity contribution in [3.8, 4) is 0 Å². The summed E-state index contributed by atoms with van der Waals surface area (Å²) in [6.07, 6.45) is 0. The molecule has 58 heavy (non-hydrogen) atoms. The lowest BCUT2D eigenvalue weighted by Crippen LogP contribution is -2.14. The minimum atomic E-state index is 0.845. The van der Waals surface area contributed by atoms with Crippen molar-refractivity contribution in [3.63, 3.8) is 0 Å². The molecule has 0 atom stereocenters. The molecule has 4 nitrogen and oxygen atoms in total. The molecule has 0 aliphatic heterocycles. The smallest absolute Gasteiger partial charge is 0.159 e. The molecule has 272 valence electrons. The molecule has 12 rings (SSSR count). The first-order valence-electron chi connectivity index (χ1n) is 19.7. The van der Waals surface area contributed by atoms with Gasteiger partial charge in [0.05, 0.1) is 22.7 Å². The molecule has 12 aromatic rings. The van der Waals surface area contributed by atoms with Crippen LogP contribution in [0, 0.1) is 0 Å². The highest BCUT2D eigenvalue weighted by Gasteiger charge is 2.28. The molecule has 4 heteroatoms. The summed E-state index contributed by atoms with van der Waals surface area (Å²) in [5, 5.41) is 11.1. The van der Waals surface area contributed by atoms with E-state index in [0.29, 0.717) is 0 Å². The van der Waals surface area contributed by atoms with E-state index < -0.39 is 0 Å². The van der Waals surface area contributed by atoms with E-state index >= 15 is 0 Å². The predicted molar refractivity (Wildman–Crippen MR) is 243 cm³/mol. The number of rotatable bonds is 6. The molecule has 0 N–H and O–H groups in total. The third-order valence-electron chi connectivity index (χ3n) is 11.6. The van der Waals surface area contributed by atoms with Crippen LogP contribution in [0.25, 0.3) is 76.2 Å². The largest absolute Gasteiger partial charge is 0.454 e.